The van der Waals surface area contributed by atoms with Crippen LogP contribution in [0.25, 0.3) is 11.2 Å². The van der Waals surface area contributed by atoms with Crippen molar-refractivity contribution in [2.45, 2.75) is 0 Å². The lowest BCUT2D eigenvalue weighted by Crippen LogP contribution is -1.89. The molecule has 7 nitrogen and oxygen atoms in total. The second kappa shape index (κ2) is 2.70. The lowest BCUT2D eigenvalue weighted by atomic mass is 10.6. The molecular formula is C6H4N4O3. The molecule has 0 aliphatic carbocycles. The number of aromatic amines is 1. The molecule has 13 heavy (non-hydrogen) atoms. The molecule has 0 aliphatic heterocycles. The molecule has 2 N–H and O–H groups in total. The lowest BCUT2D eigenvalue weighted by molar-refractivity contribution is -0.121. The van der Waals surface area contributed by atoms with Crippen molar-refractivity contribution < 1.29 is 14.6 Å². The molecule has 0 atom stereocenters. The molecule has 0 spiro atoms. The van der Waals surface area contributed by atoms with Gasteiger partial charge in [0.25, 0.3) is 0 Å². The van der Waals surface area contributed by atoms with E-state index in [0.29, 0.717) is 5.52 Å². The van der Waals surface area contributed by atoms with Crippen LogP contribution >= 0.6 is 0 Å². The molecule has 0 saturated heterocycles. The highest BCUT2D eigenvalue weighted by atomic mass is 16.5. The van der Waals surface area contributed by atoms with Gasteiger partial charge >= 0.3 is 18.5 Å². The van der Waals surface area contributed by atoms with Crippen LogP contribution in [0.5, 0.6) is 12.0 Å². The normalized spacial score (nSPS) is 10.2. The van der Waals surface area contributed by atoms with Crippen molar-refractivity contribution in [1.29, 1.82) is 0 Å². The SMILES string of the molecule is O=COc1nc2nc(O)ncc2[nH]1. The molecule has 7 heteroatoms. The van der Waals surface area contributed by atoms with Gasteiger partial charge in [-0.2, -0.15) is 9.97 Å². The number of aromatic nitrogens is 4. The Morgan fingerprint density at radius 2 is 2.38 bits per heavy atom. The van der Waals surface area contributed by atoms with Gasteiger partial charge in [-0.05, 0) is 0 Å². The number of fused-ring (bicyclic) bond motifs is 1. The van der Waals surface area contributed by atoms with Crippen molar-refractivity contribution in [2.24, 2.45) is 0 Å². The van der Waals surface area contributed by atoms with Crippen molar-refractivity contribution in [1.82, 2.24) is 19.9 Å². The van der Waals surface area contributed by atoms with Gasteiger partial charge in [-0.15, -0.1) is 0 Å². The Bertz CT molecular complexity index is 452. The van der Waals surface area contributed by atoms with Crippen molar-refractivity contribution in [3.05, 3.63) is 6.20 Å². The number of nitrogens with one attached hydrogen (secondary N) is 1. The molecule has 0 amide bonds. The third kappa shape index (κ3) is 1.26. The number of hydrogen-bond acceptors (Lipinski definition) is 6. The average molecular weight is 180 g/mol. The first-order valence-corrected chi connectivity index (χ1v) is 3.31. The molecule has 0 radical (unpaired) electrons. The molecule has 2 aromatic heterocycles. The highest BCUT2D eigenvalue weighted by molar-refractivity contribution is 5.70. The number of rotatable bonds is 2. The third-order valence-corrected chi connectivity index (χ3v) is 1.36. The number of H-pyrrole nitrogens is 1. The van der Waals surface area contributed by atoms with Crippen molar-refractivity contribution in [3.63, 3.8) is 0 Å². The Kier molecular flexibility index (Phi) is 1.55. The Balaban J connectivity index is 2.55. The second-order valence-corrected chi connectivity index (χ2v) is 2.16. The van der Waals surface area contributed by atoms with E-state index in [0.717, 1.165) is 0 Å². The minimum atomic E-state index is -0.378. The summed E-state index contributed by atoms with van der Waals surface area (Å²) in [7, 11) is 0. The molecule has 2 heterocycles. The maximum absolute atomic E-state index is 9.95. The van der Waals surface area contributed by atoms with Gasteiger partial charge in [-0.25, -0.2) is 4.98 Å². The predicted molar refractivity (Wildman–Crippen MR) is 40.0 cm³/mol. The zero-order valence-corrected chi connectivity index (χ0v) is 6.26. The van der Waals surface area contributed by atoms with Gasteiger partial charge in [0.2, 0.25) is 0 Å². The van der Waals surface area contributed by atoms with Crippen LogP contribution in [0.2, 0.25) is 0 Å². The molecule has 2 rings (SSSR count). The minimum absolute atomic E-state index is 0.0184. The first-order chi connectivity index (χ1) is 6.29. The number of aromatic hydroxyl groups is 1. The zero-order valence-electron chi connectivity index (χ0n) is 6.26. The summed E-state index contributed by atoms with van der Waals surface area (Å²) in [6, 6.07) is -0.360. The van der Waals surface area contributed by atoms with Crippen LogP contribution < -0.4 is 4.74 Å². The van der Waals surface area contributed by atoms with Crippen LogP contribution in [-0.4, -0.2) is 31.5 Å². The Labute approximate surface area is 71.4 Å². The Morgan fingerprint density at radius 3 is 3.15 bits per heavy atom. The van der Waals surface area contributed by atoms with Gasteiger partial charge in [0, 0.05) is 0 Å². The van der Waals surface area contributed by atoms with E-state index in [2.05, 4.69) is 24.7 Å². The number of carbonyl (C=O) groups is 1. The highest BCUT2D eigenvalue weighted by Crippen LogP contribution is 2.13. The molecule has 0 unspecified atom stereocenters. The average Bonchev–Trinajstić information content (AvgIpc) is 2.46. The van der Waals surface area contributed by atoms with Crippen molar-refractivity contribution in [2.75, 3.05) is 0 Å². The smallest absolute Gasteiger partial charge is 0.316 e. The Hall–Kier alpha value is -2.18. The topological polar surface area (TPSA) is 101 Å². The maximum Gasteiger partial charge on any atom is 0.316 e. The molecule has 0 aliphatic rings. The van der Waals surface area contributed by atoms with Crippen LogP contribution in [-0.2, 0) is 4.79 Å². The van der Waals surface area contributed by atoms with E-state index in [1.54, 1.807) is 0 Å². The van der Waals surface area contributed by atoms with Gasteiger partial charge in [-0.3, -0.25) is 4.79 Å². The fourth-order valence-corrected chi connectivity index (χ4v) is 0.878. The van der Waals surface area contributed by atoms with E-state index in [1.807, 2.05) is 0 Å². The van der Waals surface area contributed by atoms with E-state index in [4.69, 9.17) is 5.11 Å². The molecule has 0 aromatic carbocycles. The highest BCUT2D eigenvalue weighted by Gasteiger charge is 2.05. The van der Waals surface area contributed by atoms with E-state index >= 15 is 0 Å². The number of ether oxygens (including phenoxy) is 1. The number of hydrogen-bond donors (Lipinski definition) is 2. The van der Waals surface area contributed by atoms with Crippen LogP contribution in [0.1, 0.15) is 0 Å². The Morgan fingerprint density at radius 1 is 1.54 bits per heavy atom. The van der Waals surface area contributed by atoms with Gasteiger partial charge in [0.15, 0.2) is 5.65 Å². The van der Waals surface area contributed by atoms with E-state index in [9.17, 15) is 4.79 Å². The van der Waals surface area contributed by atoms with E-state index < -0.39 is 0 Å². The summed E-state index contributed by atoms with van der Waals surface area (Å²) in [6.45, 7) is 0.241. The van der Waals surface area contributed by atoms with Crippen LogP contribution in [0.3, 0.4) is 0 Å². The number of imidazole rings is 1. The third-order valence-electron chi connectivity index (χ3n) is 1.36. The number of nitrogens with zero attached hydrogens (tertiary/aromatic N) is 3. The standard InChI is InChI=1S/C6H4N4O3/c11-2-13-6-8-3-1-7-5(12)9-4(3)10-6/h1-2H,(H2,7,8,9,10,12). The molecule has 0 bridgehead atoms. The van der Waals surface area contributed by atoms with Crippen molar-refractivity contribution in [3.8, 4) is 12.0 Å². The maximum atomic E-state index is 9.95. The quantitative estimate of drug-likeness (QED) is 0.609. The summed E-state index contributed by atoms with van der Waals surface area (Å²) < 4.78 is 4.43. The number of carbonyl (C=O) groups excluding carboxylic acids is 1. The molecule has 0 saturated carbocycles. The molecule has 0 fully saturated rings. The fourth-order valence-electron chi connectivity index (χ4n) is 0.878. The minimum Gasteiger partial charge on any atom is -0.479 e. The summed E-state index contributed by atoms with van der Waals surface area (Å²) in [5.41, 5.74) is 0.721. The van der Waals surface area contributed by atoms with Gasteiger partial charge < -0.3 is 14.8 Å². The van der Waals surface area contributed by atoms with Gasteiger partial charge in [-0.1, -0.05) is 0 Å². The van der Waals surface area contributed by atoms with E-state index in [-0.39, 0.29) is 24.1 Å². The summed E-state index contributed by atoms with van der Waals surface area (Å²) in [5, 5.41) is 8.88. The van der Waals surface area contributed by atoms with Gasteiger partial charge in [0.05, 0.1) is 6.20 Å². The summed E-state index contributed by atoms with van der Waals surface area (Å²) >= 11 is 0. The van der Waals surface area contributed by atoms with Crippen LogP contribution in [0.15, 0.2) is 6.20 Å². The molecule has 66 valence electrons. The fraction of sp³-hybridized carbons (Fsp3) is 0. The largest absolute Gasteiger partial charge is 0.479 e. The summed E-state index contributed by atoms with van der Waals surface area (Å²) in [5.74, 6) is 0. The van der Waals surface area contributed by atoms with Crippen LogP contribution in [0, 0.1) is 0 Å². The monoisotopic (exact) mass is 180 g/mol. The lowest BCUT2D eigenvalue weighted by Gasteiger charge is -1.85. The first kappa shape index (κ1) is 7.47. The second-order valence-electron chi connectivity index (χ2n) is 2.16. The predicted octanol–water partition coefficient (Wildman–Crippen LogP) is -0.406. The summed E-state index contributed by atoms with van der Waals surface area (Å²) in [4.78, 5) is 23.4. The molecular weight excluding hydrogens is 176 g/mol. The zero-order chi connectivity index (χ0) is 9.26. The van der Waals surface area contributed by atoms with Gasteiger partial charge in [0.1, 0.15) is 5.52 Å². The first-order valence-electron chi connectivity index (χ1n) is 3.31. The summed E-state index contributed by atoms with van der Waals surface area (Å²) in [6.07, 6.45) is 1.34. The van der Waals surface area contributed by atoms with E-state index in [1.165, 1.54) is 6.20 Å². The van der Waals surface area contributed by atoms with Crippen molar-refractivity contribution >= 4 is 17.6 Å². The molecule has 2 aromatic rings. The van der Waals surface area contributed by atoms with Crippen LogP contribution in [0.4, 0.5) is 0 Å².